The van der Waals surface area contributed by atoms with Gasteiger partial charge in [-0.05, 0) is 31.7 Å². The zero-order chi connectivity index (χ0) is 19.0. The van der Waals surface area contributed by atoms with Crippen molar-refractivity contribution in [1.29, 1.82) is 0 Å². The first-order valence-electron chi connectivity index (χ1n) is 9.67. The van der Waals surface area contributed by atoms with E-state index in [1.807, 2.05) is 18.2 Å². The number of amides is 4. The highest BCUT2D eigenvalue weighted by Crippen LogP contribution is 2.33. The number of hydrogen-bond acceptors (Lipinski definition) is 3. The lowest BCUT2D eigenvalue weighted by Gasteiger charge is -2.39. The summed E-state index contributed by atoms with van der Waals surface area (Å²) < 4.78 is 0. The third kappa shape index (κ3) is 3.26. The van der Waals surface area contributed by atoms with Crippen LogP contribution in [0.3, 0.4) is 0 Å². The molecule has 0 radical (unpaired) electrons. The normalized spacial score (nSPS) is 27.5. The third-order valence-corrected chi connectivity index (χ3v) is 6.12. The lowest BCUT2D eigenvalue weighted by molar-refractivity contribution is -0.155. The van der Waals surface area contributed by atoms with Crippen LogP contribution in [0.15, 0.2) is 30.3 Å². The topological polar surface area (TPSA) is 73.0 Å². The van der Waals surface area contributed by atoms with Gasteiger partial charge in [-0.25, -0.2) is 4.79 Å². The second kappa shape index (κ2) is 6.87. The molecule has 7 nitrogen and oxygen atoms in total. The maximum atomic E-state index is 13.0. The molecule has 3 aliphatic heterocycles. The average molecular weight is 370 g/mol. The number of rotatable bonds is 2. The SMILES string of the molecule is CC1(Cc2ccccc2)CCCN1C(=O)C(=O)N1CCN2C(=O)NCC2C1. The summed E-state index contributed by atoms with van der Waals surface area (Å²) in [4.78, 5) is 42.8. The molecule has 0 aromatic heterocycles. The number of carbonyl (C=O) groups excluding carboxylic acids is 3. The molecule has 144 valence electrons. The summed E-state index contributed by atoms with van der Waals surface area (Å²) in [6.07, 6.45) is 2.56. The van der Waals surface area contributed by atoms with Gasteiger partial charge in [-0.3, -0.25) is 9.59 Å². The van der Waals surface area contributed by atoms with Crippen molar-refractivity contribution >= 4 is 17.8 Å². The van der Waals surface area contributed by atoms with Crippen LogP contribution in [0.25, 0.3) is 0 Å². The van der Waals surface area contributed by atoms with Gasteiger partial charge in [0.05, 0.1) is 6.04 Å². The lowest BCUT2D eigenvalue weighted by atomic mass is 9.90. The Morgan fingerprint density at radius 1 is 1.15 bits per heavy atom. The van der Waals surface area contributed by atoms with Gasteiger partial charge >= 0.3 is 17.8 Å². The van der Waals surface area contributed by atoms with Gasteiger partial charge < -0.3 is 20.0 Å². The van der Waals surface area contributed by atoms with E-state index in [0.29, 0.717) is 32.7 Å². The first kappa shape index (κ1) is 17.8. The van der Waals surface area contributed by atoms with Gasteiger partial charge in [-0.1, -0.05) is 30.3 Å². The van der Waals surface area contributed by atoms with E-state index in [-0.39, 0.29) is 17.6 Å². The van der Waals surface area contributed by atoms with E-state index < -0.39 is 11.8 Å². The molecule has 3 saturated heterocycles. The van der Waals surface area contributed by atoms with E-state index in [1.54, 1.807) is 14.7 Å². The van der Waals surface area contributed by atoms with Crippen LogP contribution in [0.1, 0.15) is 25.3 Å². The highest BCUT2D eigenvalue weighted by Gasteiger charge is 2.44. The van der Waals surface area contributed by atoms with E-state index in [0.717, 1.165) is 19.3 Å². The fourth-order valence-corrected chi connectivity index (χ4v) is 4.63. The zero-order valence-corrected chi connectivity index (χ0v) is 15.7. The molecule has 0 saturated carbocycles. The summed E-state index contributed by atoms with van der Waals surface area (Å²) in [5.74, 6) is -0.841. The number of hydrogen-bond donors (Lipinski definition) is 1. The highest BCUT2D eigenvalue weighted by molar-refractivity contribution is 6.35. The Morgan fingerprint density at radius 2 is 1.93 bits per heavy atom. The van der Waals surface area contributed by atoms with E-state index in [1.165, 1.54) is 5.56 Å². The highest BCUT2D eigenvalue weighted by atomic mass is 16.2. The fourth-order valence-electron chi connectivity index (χ4n) is 4.63. The minimum absolute atomic E-state index is 0.0303. The van der Waals surface area contributed by atoms with Crippen molar-refractivity contribution in [2.24, 2.45) is 0 Å². The van der Waals surface area contributed by atoms with Crippen LogP contribution in [-0.4, -0.2) is 76.8 Å². The minimum Gasteiger partial charge on any atom is -0.336 e. The number of piperazine rings is 1. The molecular weight excluding hydrogens is 344 g/mol. The van der Waals surface area contributed by atoms with Crippen LogP contribution in [-0.2, 0) is 16.0 Å². The van der Waals surface area contributed by atoms with Gasteiger partial charge in [0.1, 0.15) is 0 Å². The molecule has 1 aromatic rings. The molecule has 0 bridgehead atoms. The first-order valence-corrected chi connectivity index (χ1v) is 9.67. The summed E-state index contributed by atoms with van der Waals surface area (Å²) in [5, 5.41) is 2.80. The van der Waals surface area contributed by atoms with E-state index in [9.17, 15) is 14.4 Å². The standard InChI is InChI=1S/C20H26N4O3/c1-20(12-15-6-3-2-4-7-15)8-5-9-24(20)18(26)17(25)22-10-11-23-16(14-22)13-21-19(23)27/h2-4,6-7,16H,5,8-14H2,1H3,(H,21,27). The van der Waals surface area contributed by atoms with Gasteiger partial charge in [0, 0.05) is 38.3 Å². The van der Waals surface area contributed by atoms with Gasteiger partial charge in [-0.2, -0.15) is 0 Å². The fraction of sp³-hybridized carbons (Fsp3) is 0.550. The van der Waals surface area contributed by atoms with Crippen LogP contribution in [0, 0.1) is 0 Å². The van der Waals surface area contributed by atoms with Crippen molar-refractivity contribution in [1.82, 2.24) is 20.0 Å². The molecule has 2 unspecified atom stereocenters. The van der Waals surface area contributed by atoms with Crippen molar-refractivity contribution in [2.75, 3.05) is 32.7 Å². The Hall–Kier alpha value is -2.57. The minimum atomic E-state index is -0.435. The number of nitrogens with one attached hydrogen (secondary N) is 1. The lowest BCUT2D eigenvalue weighted by Crippen LogP contribution is -2.58. The summed E-state index contributed by atoms with van der Waals surface area (Å²) >= 11 is 0. The molecule has 27 heavy (non-hydrogen) atoms. The van der Waals surface area contributed by atoms with Crippen molar-refractivity contribution in [3.05, 3.63) is 35.9 Å². The monoisotopic (exact) mass is 370 g/mol. The molecule has 3 fully saturated rings. The van der Waals surface area contributed by atoms with Crippen molar-refractivity contribution in [3.8, 4) is 0 Å². The second-order valence-corrected chi connectivity index (χ2v) is 8.00. The first-order chi connectivity index (χ1) is 13.0. The van der Waals surface area contributed by atoms with Crippen LogP contribution in [0.2, 0.25) is 0 Å². The molecule has 4 amide bonds. The number of fused-ring (bicyclic) bond motifs is 1. The smallest absolute Gasteiger partial charge is 0.317 e. The third-order valence-electron chi connectivity index (χ3n) is 6.12. The molecule has 4 rings (SSSR count). The van der Waals surface area contributed by atoms with E-state index in [2.05, 4.69) is 24.4 Å². The number of likely N-dealkylation sites (tertiary alicyclic amines) is 1. The number of nitrogens with zero attached hydrogens (tertiary/aromatic N) is 3. The molecule has 0 spiro atoms. The number of urea groups is 1. The van der Waals surface area contributed by atoms with Gasteiger partial charge in [0.25, 0.3) is 0 Å². The van der Waals surface area contributed by atoms with Crippen LogP contribution < -0.4 is 5.32 Å². The summed E-state index contributed by atoms with van der Waals surface area (Å²) in [7, 11) is 0. The van der Waals surface area contributed by atoms with Crippen molar-refractivity contribution in [2.45, 2.75) is 37.8 Å². The largest absolute Gasteiger partial charge is 0.336 e. The average Bonchev–Trinajstić information content (AvgIpc) is 3.24. The van der Waals surface area contributed by atoms with Gasteiger partial charge in [0.2, 0.25) is 0 Å². The Balaban J connectivity index is 1.45. The maximum absolute atomic E-state index is 13.0. The molecule has 1 aromatic carbocycles. The Kier molecular flexibility index (Phi) is 4.53. The number of benzene rings is 1. The predicted octanol–water partition coefficient (Wildman–Crippen LogP) is 0.846. The Bertz CT molecular complexity index is 753. The quantitative estimate of drug-likeness (QED) is 0.785. The molecule has 3 aliphatic rings. The molecule has 7 heteroatoms. The molecule has 0 aliphatic carbocycles. The van der Waals surface area contributed by atoms with E-state index in [4.69, 9.17) is 0 Å². The van der Waals surface area contributed by atoms with Gasteiger partial charge in [-0.15, -0.1) is 0 Å². The van der Waals surface area contributed by atoms with Crippen molar-refractivity contribution in [3.63, 3.8) is 0 Å². The summed E-state index contributed by atoms with van der Waals surface area (Å²) in [5.41, 5.74) is 0.845. The van der Waals surface area contributed by atoms with Crippen LogP contribution >= 0.6 is 0 Å². The Labute approximate surface area is 159 Å². The summed E-state index contributed by atoms with van der Waals surface area (Å²) in [6.45, 7) is 4.56. The molecular formula is C20H26N4O3. The van der Waals surface area contributed by atoms with Crippen LogP contribution in [0.4, 0.5) is 4.79 Å². The maximum Gasteiger partial charge on any atom is 0.317 e. The summed E-state index contributed by atoms with van der Waals surface area (Å²) in [6, 6.07) is 10.0. The Morgan fingerprint density at radius 3 is 2.70 bits per heavy atom. The zero-order valence-electron chi connectivity index (χ0n) is 15.7. The molecule has 2 atom stereocenters. The van der Waals surface area contributed by atoms with Gasteiger partial charge in [0.15, 0.2) is 0 Å². The number of carbonyl (C=O) groups is 3. The van der Waals surface area contributed by atoms with Crippen molar-refractivity contribution < 1.29 is 14.4 Å². The molecule has 3 heterocycles. The second-order valence-electron chi connectivity index (χ2n) is 8.00. The van der Waals surface area contributed by atoms with Crippen LogP contribution in [0.5, 0.6) is 0 Å². The predicted molar refractivity (Wildman–Crippen MR) is 100.0 cm³/mol. The molecule has 1 N–H and O–H groups in total. The van der Waals surface area contributed by atoms with E-state index >= 15 is 0 Å².